The minimum Gasteiger partial charge on any atom is -0.506 e. The van der Waals surface area contributed by atoms with Crippen LogP contribution in [0.1, 0.15) is 5.56 Å². The van der Waals surface area contributed by atoms with E-state index in [2.05, 4.69) is 4.90 Å². The average molecular weight is 289 g/mol. The van der Waals surface area contributed by atoms with Crippen molar-refractivity contribution in [1.82, 2.24) is 9.80 Å². The molecule has 2 rings (SSSR count). The number of phenols is 1. The van der Waals surface area contributed by atoms with Gasteiger partial charge in [-0.3, -0.25) is 9.80 Å². The molecule has 1 heterocycles. The van der Waals surface area contributed by atoms with Crippen molar-refractivity contribution in [3.8, 4) is 5.75 Å². The molecule has 1 fully saturated rings. The maximum Gasteiger partial charge on any atom is 0.401 e. The summed E-state index contributed by atoms with van der Waals surface area (Å²) >= 11 is 0. The standard InChI is InChI=1S/C13H18F3N3O/c14-13(15,16)9-19-5-3-18(4-6-19)8-10-1-2-12(20)11(17)7-10/h1-2,7,20H,3-6,8-9,17H2. The highest BCUT2D eigenvalue weighted by atomic mass is 19.4. The minimum atomic E-state index is -4.13. The minimum absolute atomic E-state index is 0.0451. The van der Waals surface area contributed by atoms with Crippen molar-refractivity contribution >= 4 is 5.69 Å². The van der Waals surface area contributed by atoms with Gasteiger partial charge in [-0.05, 0) is 17.7 Å². The lowest BCUT2D eigenvalue weighted by Gasteiger charge is -2.35. The Morgan fingerprint density at radius 3 is 2.25 bits per heavy atom. The van der Waals surface area contributed by atoms with Gasteiger partial charge in [0.25, 0.3) is 0 Å². The fraction of sp³-hybridized carbons (Fsp3) is 0.538. The van der Waals surface area contributed by atoms with E-state index < -0.39 is 12.7 Å². The first kappa shape index (κ1) is 14.9. The van der Waals surface area contributed by atoms with E-state index in [1.165, 1.54) is 11.0 Å². The van der Waals surface area contributed by atoms with E-state index in [-0.39, 0.29) is 5.75 Å². The van der Waals surface area contributed by atoms with Gasteiger partial charge in [0.1, 0.15) is 5.75 Å². The summed E-state index contributed by atoms with van der Waals surface area (Å²) in [7, 11) is 0. The number of hydrogen-bond donors (Lipinski definition) is 2. The number of piperazine rings is 1. The monoisotopic (exact) mass is 289 g/mol. The quantitative estimate of drug-likeness (QED) is 0.656. The highest BCUT2D eigenvalue weighted by Gasteiger charge is 2.32. The van der Waals surface area contributed by atoms with Gasteiger partial charge in [0.15, 0.2) is 0 Å². The molecule has 0 unspecified atom stereocenters. The van der Waals surface area contributed by atoms with Gasteiger partial charge in [-0.1, -0.05) is 6.07 Å². The number of aromatic hydroxyl groups is 1. The zero-order valence-electron chi connectivity index (χ0n) is 11.0. The van der Waals surface area contributed by atoms with E-state index >= 15 is 0 Å². The second-order valence-electron chi connectivity index (χ2n) is 5.06. The van der Waals surface area contributed by atoms with Crippen LogP contribution >= 0.6 is 0 Å². The first-order valence-corrected chi connectivity index (χ1v) is 6.42. The third-order valence-corrected chi connectivity index (χ3v) is 3.37. The van der Waals surface area contributed by atoms with Crippen molar-refractivity contribution < 1.29 is 18.3 Å². The van der Waals surface area contributed by atoms with E-state index in [0.717, 1.165) is 5.56 Å². The van der Waals surface area contributed by atoms with Crippen LogP contribution in [0.4, 0.5) is 18.9 Å². The van der Waals surface area contributed by atoms with Gasteiger partial charge < -0.3 is 10.8 Å². The van der Waals surface area contributed by atoms with Crippen LogP contribution in [0.15, 0.2) is 18.2 Å². The van der Waals surface area contributed by atoms with Gasteiger partial charge in [-0.15, -0.1) is 0 Å². The molecule has 1 aromatic carbocycles. The van der Waals surface area contributed by atoms with Crippen LogP contribution in [0, 0.1) is 0 Å². The maximum absolute atomic E-state index is 12.3. The predicted octanol–water partition coefficient (Wildman–Crippen LogP) is 1.65. The lowest BCUT2D eigenvalue weighted by atomic mass is 10.1. The third-order valence-electron chi connectivity index (χ3n) is 3.37. The number of nitrogen functional groups attached to an aromatic ring is 1. The van der Waals surface area contributed by atoms with Crippen LogP contribution < -0.4 is 5.73 Å². The van der Waals surface area contributed by atoms with Crippen LogP contribution in [0.3, 0.4) is 0 Å². The lowest BCUT2D eigenvalue weighted by molar-refractivity contribution is -0.149. The lowest BCUT2D eigenvalue weighted by Crippen LogP contribution is -2.48. The Morgan fingerprint density at radius 2 is 1.70 bits per heavy atom. The van der Waals surface area contributed by atoms with E-state index in [9.17, 15) is 18.3 Å². The molecular formula is C13H18F3N3O. The number of phenolic OH excluding ortho intramolecular Hbond substituents is 1. The maximum atomic E-state index is 12.3. The number of halogens is 3. The van der Waals surface area contributed by atoms with Crippen molar-refractivity contribution in [2.24, 2.45) is 0 Å². The molecule has 0 aromatic heterocycles. The van der Waals surface area contributed by atoms with E-state index in [4.69, 9.17) is 5.73 Å². The Kier molecular flexibility index (Phi) is 4.39. The van der Waals surface area contributed by atoms with Gasteiger partial charge >= 0.3 is 6.18 Å². The summed E-state index contributed by atoms with van der Waals surface area (Å²) in [5, 5.41) is 9.34. The number of benzene rings is 1. The molecular weight excluding hydrogens is 271 g/mol. The first-order valence-electron chi connectivity index (χ1n) is 6.42. The van der Waals surface area contributed by atoms with E-state index in [1.807, 2.05) is 0 Å². The fourth-order valence-electron chi connectivity index (χ4n) is 2.32. The van der Waals surface area contributed by atoms with Gasteiger partial charge in [-0.2, -0.15) is 13.2 Å². The zero-order chi connectivity index (χ0) is 14.8. The zero-order valence-corrected chi connectivity index (χ0v) is 11.0. The number of hydrogen-bond acceptors (Lipinski definition) is 4. The normalized spacial score (nSPS) is 18.4. The van der Waals surface area contributed by atoms with Crippen LogP contribution in [0.5, 0.6) is 5.75 Å². The Morgan fingerprint density at radius 1 is 1.10 bits per heavy atom. The highest BCUT2D eigenvalue weighted by Crippen LogP contribution is 2.22. The van der Waals surface area contributed by atoms with Crippen LogP contribution in [-0.4, -0.2) is 53.8 Å². The Hall–Kier alpha value is -1.47. The number of anilines is 1. The molecule has 3 N–H and O–H groups in total. The fourth-order valence-corrected chi connectivity index (χ4v) is 2.32. The number of nitrogens with two attached hydrogens (primary N) is 1. The molecule has 20 heavy (non-hydrogen) atoms. The van der Waals surface area contributed by atoms with Gasteiger partial charge in [0.05, 0.1) is 12.2 Å². The van der Waals surface area contributed by atoms with Crippen molar-refractivity contribution in [3.63, 3.8) is 0 Å². The predicted molar refractivity (Wildman–Crippen MR) is 70.3 cm³/mol. The first-order chi connectivity index (χ1) is 9.33. The number of nitrogens with zero attached hydrogens (tertiary/aromatic N) is 2. The molecule has 0 bridgehead atoms. The molecule has 0 amide bonds. The molecule has 1 saturated heterocycles. The van der Waals surface area contributed by atoms with Crippen molar-refractivity contribution in [3.05, 3.63) is 23.8 Å². The van der Waals surface area contributed by atoms with Crippen molar-refractivity contribution in [2.45, 2.75) is 12.7 Å². The molecule has 0 aliphatic carbocycles. The molecule has 7 heteroatoms. The van der Waals surface area contributed by atoms with Gasteiger partial charge in [0, 0.05) is 32.7 Å². The molecule has 4 nitrogen and oxygen atoms in total. The summed E-state index contributed by atoms with van der Waals surface area (Å²) in [5.74, 6) is 0.0451. The van der Waals surface area contributed by atoms with Crippen LogP contribution in [0.25, 0.3) is 0 Å². The Bertz CT molecular complexity index is 457. The highest BCUT2D eigenvalue weighted by molar-refractivity contribution is 5.53. The Balaban J connectivity index is 1.83. The van der Waals surface area contributed by atoms with Gasteiger partial charge in [0.2, 0.25) is 0 Å². The molecule has 0 radical (unpaired) electrons. The van der Waals surface area contributed by atoms with Crippen LogP contribution in [-0.2, 0) is 6.54 Å². The second-order valence-corrected chi connectivity index (χ2v) is 5.06. The smallest absolute Gasteiger partial charge is 0.401 e. The SMILES string of the molecule is Nc1cc(CN2CCN(CC(F)(F)F)CC2)ccc1O. The molecule has 0 atom stereocenters. The molecule has 1 aliphatic rings. The van der Waals surface area contributed by atoms with Crippen LogP contribution in [0.2, 0.25) is 0 Å². The Labute approximate surface area is 115 Å². The third kappa shape index (κ3) is 4.28. The van der Waals surface area contributed by atoms with Gasteiger partial charge in [-0.25, -0.2) is 0 Å². The summed E-state index contributed by atoms with van der Waals surface area (Å²) in [6.07, 6.45) is -4.13. The number of rotatable bonds is 3. The van der Waals surface area contributed by atoms with E-state index in [0.29, 0.717) is 38.4 Å². The summed E-state index contributed by atoms with van der Waals surface area (Å²) in [4.78, 5) is 3.50. The molecule has 0 spiro atoms. The topological polar surface area (TPSA) is 52.7 Å². The molecule has 1 aliphatic heterocycles. The summed E-state index contributed by atoms with van der Waals surface area (Å²) in [5.41, 5.74) is 6.88. The second kappa shape index (κ2) is 5.88. The van der Waals surface area contributed by atoms with Crippen molar-refractivity contribution in [1.29, 1.82) is 0 Å². The molecule has 112 valence electrons. The average Bonchev–Trinajstić information content (AvgIpc) is 2.35. The number of alkyl halides is 3. The summed E-state index contributed by atoms with van der Waals surface area (Å²) in [6.45, 7) is 1.80. The molecule has 0 saturated carbocycles. The largest absolute Gasteiger partial charge is 0.506 e. The summed E-state index contributed by atoms with van der Waals surface area (Å²) < 4.78 is 36.8. The molecule has 1 aromatic rings. The van der Waals surface area contributed by atoms with Crippen molar-refractivity contribution in [2.75, 3.05) is 38.5 Å². The van der Waals surface area contributed by atoms with E-state index in [1.54, 1.807) is 12.1 Å². The summed E-state index contributed by atoms with van der Waals surface area (Å²) in [6, 6.07) is 5.00.